The van der Waals surface area contributed by atoms with Crippen LogP contribution in [0, 0.1) is 0 Å². The van der Waals surface area contributed by atoms with Crippen molar-refractivity contribution >= 4 is 30.3 Å². The topological polar surface area (TPSA) is 9.23 Å². The number of alkyl halides is 1. The largest absolute Gasteiger partial charge is 0.339 e. The highest BCUT2D eigenvalue weighted by Crippen LogP contribution is 2.38. The molecule has 50 valence electrons. The van der Waals surface area contributed by atoms with Crippen molar-refractivity contribution in [2.45, 2.75) is 13.0 Å². The predicted octanol–water partition coefficient (Wildman–Crippen LogP) is 2.81. The van der Waals surface area contributed by atoms with Gasteiger partial charge in [-0.3, -0.25) is 0 Å². The molecular weight excluding hydrogens is 166 g/mol. The highest BCUT2D eigenvalue weighted by molar-refractivity contribution is 7.79. The first-order chi connectivity index (χ1) is 3.66. The van der Waals surface area contributed by atoms with Gasteiger partial charge in [0.1, 0.15) is 7.50 Å². The summed E-state index contributed by atoms with van der Waals surface area (Å²) in [6.45, 7) is 3.73. The first-order valence-corrected chi connectivity index (χ1v) is 5.43. The molecule has 0 fully saturated rings. The third kappa shape index (κ3) is 5.11. The monoisotopic (exact) mass is 174 g/mol. The van der Waals surface area contributed by atoms with E-state index in [-0.39, 0.29) is 6.10 Å². The van der Waals surface area contributed by atoms with Crippen LogP contribution in [0.5, 0.6) is 0 Å². The maximum atomic E-state index is 5.54. The number of halogens is 2. The summed E-state index contributed by atoms with van der Waals surface area (Å²) in [6.07, 6.45) is 0.0882. The molecule has 0 heterocycles. The van der Waals surface area contributed by atoms with Gasteiger partial charge in [-0.1, -0.05) is 11.2 Å². The molecule has 0 saturated heterocycles. The summed E-state index contributed by atoms with van der Waals surface area (Å²) in [5, 5.41) is 0. The third-order valence-corrected chi connectivity index (χ3v) is 1.87. The molecule has 0 N–H and O–H groups in total. The van der Waals surface area contributed by atoms with Crippen LogP contribution in [0.4, 0.5) is 0 Å². The van der Waals surface area contributed by atoms with Crippen LogP contribution in [0.1, 0.15) is 6.92 Å². The molecule has 0 aromatic carbocycles. The average Bonchev–Trinajstić information content (AvgIpc) is 1.65. The molecule has 0 radical (unpaired) electrons. The van der Waals surface area contributed by atoms with Crippen LogP contribution in [0.15, 0.2) is 0 Å². The Balaban J connectivity index is 3.10. The van der Waals surface area contributed by atoms with Gasteiger partial charge in [-0.25, -0.2) is 0 Å². The molecule has 0 rings (SSSR count). The van der Waals surface area contributed by atoms with Crippen LogP contribution in [-0.4, -0.2) is 18.6 Å². The van der Waals surface area contributed by atoms with Crippen LogP contribution in [0.3, 0.4) is 0 Å². The van der Waals surface area contributed by atoms with Crippen LogP contribution in [-0.2, 0) is 4.52 Å². The summed E-state index contributed by atoms with van der Waals surface area (Å²) >= 11 is 11.0. The van der Waals surface area contributed by atoms with Crippen molar-refractivity contribution < 1.29 is 4.52 Å². The summed E-state index contributed by atoms with van der Waals surface area (Å²) in [5.41, 5.74) is 0. The summed E-state index contributed by atoms with van der Waals surface area (Å²) in [5.74, 6) is 0.513. The molecule has 4 heteroatoms. The Morgan fingerprint density at radius 1 is 1.75 bits per heavy atom. The lowest BCUT2D eigenvalue weighted by Crippen LogP contribution is -2.03. The molecular formula is C4H9Cl2OP. The van der Waals surface area contributed by atoms with E-state index in [9.17, 15) is 0 Å². The van der Waals surface area contributed by atoms with Crippen molar-refractivity contribution in [3.05, 3.63) is 0 Å². The molecule has 0 aromatic rings. The molecule has 8 heavy (non-hydrogen) atoms. The van der Waals surface area contributed by atoms with Gasteiger partial charge in [-0.2, -0.15) is 0 Å². The Bertz CT molecular complexity index is 60.0. The molecule has 0 bridgehead atoms. The minimum atomic E-state index is -0.758. The lowest BCUT2D eigenvalue weighted by Gasteiger charge is -2.09. The van der Waals surface area contributed by atoms with E-state index in [4.69, 9.17) is 27.4 Å². The number of hydrogen-bond acceptors (Lipinski definition) is 1. The minimum absolute atomic E-state index is 0.0882. The summed E-state index contributed by atoms with van der Waals surface area (Å²) in [6, 6.07) is 0. The molecule has 2 atom stereocenters. The maximum absolute atomic E-state index is 5.54. The smallest absolute Gasteiger partial charge is 0.121 e. The van der Waals surface area contributed by atoms with Crippen molar-refractivity contribution in [1.82, 2.24) is 0 Å². The van der Waals surface area contributed by atoms with E-state index in [1.54, 1.807) is 0 Å². The van der Waals surface area contributed by atoms with Crippen molar-refractivity contribution in [3.63, 3.8) is 0 Å². The third-order valence-electron chi connectivity index (χ3n) is 0.542. The Morgan fingerprint density at radius 3 is 2.38 bits per heavy atom. The van der Waals surface area contributed by atoms with Crippen molar-refractivity contribution in [3.8, 4) is 0 Å². The van der Waals surface area contributed by atoms with Crippen LogP contribution < -0.4 is 0 Å². The zero-order valence-corrected chi connectivity index (χ0v) is 7.30. The van der Waals surface area contributed by atoms with Crippen LogP contribution in [0.25, 0.3) is 0 Å². The van der Waals surface area contributed by atoms with Gasteiger partial charge in [-0.15, -0.1) is 11.6 Å². The van der Waals surface area contributed by atoms with Crippen molar-refractivity contribution in [2.75, 3.05) is 12.5 Å². The van der Waals surface area contributed by atoms with Crippen molar-refractivity contribution in [2.24, 2.45) is 0 Å². The normalized spacial score (nSPS) is 18.0. The van der Waals surface area contributed by atoms with E-state index in [1.165, 1.54) is 0 Å². The SMILES string of the molecule is CC(CCl)OP(C)Cl. The van der Waals surface area contributed by atoms with Gasteiger partial charge < -0.3 is 4.52 Å². The van der Waals surface area contributed by atoms with E-state index >= 15 is 0 Å². The predicted molar refractivity (Wildman–Crippen MR) is 40.0 cm³/mol. The van der Waals surface area contributed by atoms with Crippen molar-refractivity contribution in [1.29, 1.82) is 0 Å². The molecule has 0 aliphatic carbocycles. The average molecular weight is 175 g/mol. The summed E-state index contributed by atoms with van der Waals surface area (Å²) in [7, 11) is -0.758. The summed E-state index contributed by atoms with van der Waals surface area (Å²) in [4.78, 5) is 0. The first kappa shape index (κ1) is 8.97. The number of hydrogen-bond donors (Lipinski definition) is 0. The lowest BCUT2D eigenvalue weighted by molar-refractivity contribution is 0.282. The molecule has 2 unspecified atom stereocenters. The fourth-order valence-electron chi connectivity index (χ4n) is 0.276. The second kappa shape index (κ2) is 4.81. The molecule has 0 spiro atoms. The Kier molecular flexibility index (Phi) is 5.40. The Hall–Kier alpha value is 0.970. The second-order valence-corrected chi connectivity index (χ2v) is 4.28. The van der Waals surface area contributed by atoms with Gasteiger partial charge in [0.05, 0.1) is 6.10 Å². The molecule has 0 amide bonds. The van der Waals surface area contributed by atoms with Gasteiger partial charge in [0, 0.05) is 5.88 Å². The van der Waals surface area contributed by atoms with Gasteiger partial charge >= 0.3 is 0 Å². The zero-order valence-electron chi connectivity index (χ0n) is 4.90. The van der Waals surface area contributed by atoms with Gasteiger partial charge in [-0.05, 0) is 13.6 Å². The lowest BCUT2D eigenvalue weighted by atomic mass is 10.5. The fraction of sp³-hybridized carbons (Fsp3) is 1.00. The highest BCUT2D eigenvalue weighted by atomic mass is 35.7. The van der Waals surface area contributed by atoms with E-state index in [2.05, 4.69) is 0 Å². The van der Waals surface area contributed by atoms with Crippen LogP contribution >= 0.6 is 30.3 Å². The maximum Gasteiger partial charge on any atom is 0.121 e. The second-order valence-electron chi connectivity index (χ2n) is 1.49. The van der Waals surface area contributed by atoms with Gasteiger partial charge in [0.15, 0.2) is 0 Å². The molecule has 0 saturated carbocycles. The standard InChI is InChI=1S/C4H9Cl2OP/c1-4(3-5)7-8(2)6/h4H,3H2,1-2H3. The minimum Gasteiger partial charge on any atom is -0.339 e. The Labute approximate surface area is 60.9 Å². The Morgan fingerprint density at radius 2 is 2.25 bits per heavy atom. The van der Waals surface area contributed by atoms with Gasteiger partial charge in [0.2, 0.25) is 0 Å². The molecule has 0 aliphatic rings. The molecule has 0 aliphatic heterocycles. The van der Waals surface area contributed by atoms with Gasteiger partial charge in [0.25, 0.3) is 0 Å². The molecule has 0 aromatic heterocycles. The van der Waals surface area contributed by atoms with E-state index in [0.717, 1.165) is 0 Å². The fourth-order valence-corrected chi connectivity index (χ4v) is 1.41. The first-order valence-electron chi connectivity index (χ1n) is 2.29. The quantitative estimate of drug-likeness (QED) is 0.473. The highest BCUT2D eigenvalue weighted by Gasteiger charge is 2.02. The van der Waals surface area contributed by atoms with E-state index in [1.807, 2.05) is 13.6 Å². The summed E-state index contributed by atoms with van der Waals surface area (Å²) < 4.78 is 5.10. The van der Waals surface area contributed by atoms with Crippen LogP contribution in [0.2, 0.25) is 0 Å². The number of rotatable bonds is 3. The van der Waals surface area contributed by atoms with E-state index in [0.29, 0.717) is 5.88 Å². The zero-order chi connectivity index (χ0) is 6.57. The molecule has 1 nitrogen and oxygen atoms in total. The van der Waals surface area contributed by atoms with E-state index < -0.39 is 7.50 Å².